The van der Waals surface area contributed by atoms with E-state index < -0.39 is 0 Å². The largest absolute Gasteiger partial charge is 0.351 e. The molecule has 0 heterocycles. The summed E-state index contributed by atoms with van der Waals surface area (Å²) in [7, 11) is 4.10. The Kier molecular flexibility index (Phi) is 6.21. The number of likely N-dealkylation sites (N-methyl/N-ethyl adjacent to an activating group) is 1. The minimum atomic E-state index is 0.108. The third kappa shape index (κ3) is 5.14. The van der Waals surface area contributed by atoms with Gasteiger partial charge in [0.1, 0.15) is 0 Å². The lowest BCUT2D eigenvalue weighted by atomic mass is 9.90. The molecule has 1 aromatic rings. The van der Waals surface area contributed by atoms with Crippen LogP contribution in [0.2, 0.25) is 0 Å². The zero-order valence-electron chi connectivity index (χ0n) is 13.1. The van der Waals surface area contributed by atoms with Crippen molar-refractivity contribution in [3.63, 3.8) is 0 Å². The van der Waals surface area contributed by atoms with Crippen molar-refractivity contribution in [2.75, 3.05) is 20.6 Å². The Labute approximate surface area is 127 Å². The van der Waals surface area contributed by atoms with Crippen LogP contribution < -0.4 is 10.6 Å². The highest BCUT2D eigenvalue weighted by Gasteiger charge is 2.23. The molecule has 4 nitrogen and oxygen atoms in total. The standard InChI is InChI=1S/C17H27N3O/c1-18-15-8-10-16(11-9-15)20(2)13-17(21)19-12-14-6-4-3-5-7-14/h3-7,15-16,18H,8-13H2,1-2H3,(H,19,21). The number of hydrogen-bond acceptors (Lipinski definition) is 3. The van der Waals surface area contributed by atoms with E-state index in [1.54, 1.807) is 0 Å². The zero-order chi connectivity index (χ0) is 15.1. The Balaban J connectivity index is 1.70. The molecule has 2 N–H and O–H groups in total. The number of benzene rings is 1. The maximum atomic E-state index is 12.0. The fraction of sp³-hybridized carbons (Fsp3) is 0.588. The van der Waals surface area contributed by atoms with Crippen LogP contribution in [0.25, 0.3) is 0 Å². The molecule has 2 rings (SSSR count). The van der Waals surface area contributed by atoms with Crippen LogP contribution >= 0.6 is 0 Å². The van der Waals surface area contributed by atoms with Gasteiger partial charge in [-0.05, 0) is 45.3 Å². The van der Waals surface area contributed by atoms with Gasteiger partial charge in [-0.2, -0.15) is 0 Å². The summed E-state index contributed by atoms with van der Waals surface area (Å²) in [5.41, 5.74) is 1.14. The summed E-state index contributed by atoms with van der Waals surface area (Å²) >= 11 is 0. The summed E-state index contributed by atoms with van der Waals surface area (Å²) in [6.45, 7) is 1.10. The Morgan fingerprint density at radius 2 is 1.86 bits per heavy atom. The van der Waals surface area contributed by atoms with Crippen LogP contribution in [0.15, 0.2) is 30.3 Å². The number of carbonyl (C=O) groups excluding carboxylic acids is 1. The summed E-state index contributed by atoms with van der Waals surface area (Å²) in [6, 6.07) is 11.2. The molecule has 0 aromatic heterocycles. The van der Waals surface area contributed by atoms with Gasteiger partial charge in [0.05, 0.1) is 6.54 Å². The maximum absolute atomic E-state index is 12.0. The van der Waals surface area contributed by atoms with Crippen molar-refractivity contribution in [1.82, 2.24) is 15.5 Å². The number of amides is 1. The van der Waals surface area contributed by atoms with Gasteiger partial charge in [0.15, 0.2) is 0 Å². The topological polar surface area (TPSA) is 44.4 Å². The summed E-state index contributed by atoms with van der Waals surface area (Å²) in [4.78, 5) is 14.2. The molecule has 1 fully saturated rings. The smallest absolute Gasteiger partial charge is 0.234 e. The first-order chi connectivity index (χ1) is 10.2. The van der Waals surface area contributed by atoms with E-state index in [9.17, 15) is 4.79 Å². The first-order valence-electron chi connectivity index (χ1n) is 7.87. The average molecular weight is 289 g/mol. The second-order valence-corrected chi connectivity index (χ2v) is 5.97. The Morgan fingerprint density at radius 3 is 2.48 bits per heavy atom. The van der Waals surface area contributed by atoms with Gasteiger partial charge in [-0.1, -0.05) is 30.3 Å². The van der Waals surface area contributed by atoms with Gasteiger partial charge < -0.3 is 10.6 Å². The van der Waals surface area contributed by atoms with Gasteiger partial charge >= 0.3 is 0 Å². The van der Waals surface area contributed by atoms with E-state index in [2.05, 4.69) is 22.6 Å². The number of nitrogens with zero attached hydrogens (tertiary/aromatic N) is 1. The molecule has 21 heavy (non-hydrogen) atoms. The highest BCUT2D eigenvalue weighted by molar-refractivity contribution is 5.78. The SMILES string of the molecule is CNC1CCC(N(C)CC(=O)NCc2ccccc2)CC1. The van der Waals surface area contributed by atoms with Crippen molar-refractivity contribution in [3.05, 3.63) is 35.9 Å². The molecule has 0 aliphatic heterocycles. The van der Waals surface area contributed by atoms with Crippen molar-refractivity contribution in [2.24, 2.45) is 0 Å². The lowest BCUT2D eigenvalue weighted by Gasteiger charge is -2.34. The normalized spacial score (nSPS) is 22.2. The Bertz CT molecular complexity index is 427. The molecule has 0 bridgehead atoms. The third-order valence-electron chi connectivity index (χ3n) is 4.45. The third-order valence-corrected chi connectivity index (χ3v) is 4.45. The van der Waals surface area contributed by atoms with Crippen LogP contribution in [-0.4, -0.2) is 43.5 Å². The van der Waals surface area contributed by atoms with Crippen molar-refractivity contribution in [3.8, 4) is 0 Å². The Morgan fingerprint density at radius 1 is 1.19 bits per heavy atom. The molecule has 1 saturated carbocycles. The number of carbonyl (C=O) groups is 1. The summed E-state index contributed by atoms with van der Waals surface area (Å²) in [5.74, 6) is 0.108. The fourth-order valence-corrected chi connectivity index (χ4v) is 3.01. The second-order valence-electron chi connectivity index (χ2n) is 5.97. The van der Waals surface area contributed by atoms with Gasteiger partial charge in [0, 0.05) is 18.6 Å². The number of hydrogen-bond donors (Lipinski definition) is 2. The first kappa shape index (κ1) is 16.0. The van der Waals surface area contributed by atoms with Crippen LogP contribution in [0.3, 0.4) is 0 Å². The van der Waals surface area contributed by atoms with Crippen molar-refractivity contribution in [2.45, 2.75) is 44.3 Å². The first-order valence-corrected chi connectivity index (χ1v) is 7.87. The van der Waals surface area contributed by atoms with E-state index in [1.165, 1.54) is 25.7 Å². The van der Waals surface area contributed by atoms with E-state index in [4.69, 9.17) is 0 Å². The maximum Gasteiger partial charge on any atom is 0.234 e. The molecule has 116 valence electrons. The van der Waals surface area contributed by atoms with Gasteiger partial charge in [-0.25, -0.2) is 0 Å². The molecule has 0 saturated heterocycles. The molecular weight excluding hydrogens is 262 g/mol. The van der Waals surface area contributed by atoms with E-state index in [1.807, 2.05) is 37.4 Å². The Hall–Kier alpha value is -1.39. The van der Waals surface area contributed by atoms with Crippen molar-refractivity contribution >= 4 is 5.91 Å². The van der Waals surface area contributed by atoms with E-state index in [-0.39, 0.29) is 5.91 Å². The van der Waals surface area contributed by atoms with Crippen LogP contribution in [0, 0.1) is 0 Å². The van der Waals surface area contributed by atoms with E-state index >= 15 is 0 Å². The molecule has 0 radical (unpaired) electrons. The van der Waals surface area contributed by atoms with Gasteiger partial charge in [0.2, 0.25) is 5.91 Å². The van der Waals surface area contributed by atoms with Gasteiger partial charge in [-0.3, -0.25) is 9.69 Å². The summed E-state index contributed by atoms with van der Waals surface area (Å²) in [5, 5.41) is 6.34. The summed E-state index contributed by atoms with van der Waals surface area (Å²) < 4.78 is 0. The van der Waals surface area contributed by atoms with E-state index in [0.717, 1.165) is 5.56 Å². The quantitative estimate of drug-likeness (QED) is 0.839. The zero-order valence-corrected chi connectivity index (χ0v) is 13.1. The monoisotopic (exact) mass is 289 g/mol. The molecule has 0 spiro atoms. The molecule has 4 heteroatoms. The number of nitrogens with one attached hydrogen (secondary N) is 2. The van der Waals surface area contributed by atoms with E-state index in [0.29, 0.717) is 25.2 Å². The predicted molar refractivity (Wildman–Crippen MR) is 86.0 cm³/mol. The number of rotatable bonds is 6. The molecule has 0 unspecified atom stereocenters. The molecule has 1 amide bonds. The second kappa shape index (κ2) is 8.15. The van der Waals surface area contributed by atoms with Crippen molar-refractivity contribution < 1.29 is 4.79 Å². The van der Waals surface area contributed by atoms with Crippen LogP contribution in [0.4, 0.5) is 0 Å². The van der Waals surface area contributed by atoms with Crippen molar-refractivity contribution in [1.29, 1.82) is 0 Å². The lowest BCUT2D eigenvalue weighted by Crippen LogP contribution is -2.44. The van der Waals surface area contributed by atoms with Gasteiger partial charge in [0.25, 0.3) is 0 Å². The minimum absolute atomic E-state index is 0.108. The summed E-state index contributed by atoms with van der Waals surface area (Å²) in [6.07, 6.45) is 4.76. The van der Waals surface area contributed by atoms with Crippen LogP contribution in [0.5, 0.6) is 0 Å². The fourth-order valence-electron chi connectivity index (χ4n) is 3.01. The highest BCUT2D eigenvalue weighted by Crippen LogP contribution is 2.21. The lowest BCUT2D eigenvalue weighted by molar-refractivity contribution is -0.122. The molecular formula is C17H27N3O. The van der Waals surface area contributed by atoms with Crippen LogP contribution in [-0.2, 0) is 11.3 Å². The van der Waals surface area contributed by atoms with Gasteiger partial charge in [-0.15, -0.1) is 0 Å². The molecule has 0 atom stereocenters. The molecule has 1 aromatic carbocycles. The average Bonchev–Trinajstić information content (AvgIpc) is 2.54. The molecule has 1 aliphatic carbocycles. The molecule has 1 aliphatic rings. The highest BCUT2D eigenvalue weighted by atomic mass is 16.2. The van der Waals surface area contributed by atoms with Crippen LogP contribution in [0.1, 0.15) is 31.2 Å². The minimum Gasteiger partial charge on any atom is -0.351 e. The predicted octanol–water partition coefficient (Wildman–Crippen LogP) is 1.77.